The summed E-state index contributed by atoms with van der Waals surface area (Å²) in [7, 11) is 0. The molecule has 0 aliphatic rings. The molecular weight excluding hydrogens is 223 g/mol. The summed E-state index contributed by atoms with van der Waals surface area (Å²) in [6.07, 6.45) is -1.90. The summed E-state index contributed by atoms with van der Waals surface area (Å²) in [4.78, 5) is 12.2. The quantitative estimate of drug-likeness (QED) is 0.803. The number of hydrogen-bond acceptors (Lipinski definition) is 2. The molecule has 0 aliphatic heterocycles. The highest BCUT2D eigenvalue weighted by Gasteiger charge is 2.33. The first-order chi connectivity index (χ1) is 7.44. The molecule has 0 atom stereocenters. The van der Waals surface area contributed by atoms with E-state index in [0.29, 0.717) is 4.90 Å². The van der Waals surface area contributed by atoms with Crippen molar-refractivity contribution in [3.05, 3.63) is 30.6 Å². The molecule has 0 unspecified atom stereocenters. The fourth-order valence-electron chi connectivity index (χ4n) is 1.14. The molecule has 1 aromatic heterocycles. The third kappa shape index (κ3) is 3.41. The van der Waals surface area contributed by atoms with E-state index in [-0.39, 0.29) is 12.2 Å². The second kappa shape index (κ2) is 4.82. The number of halogens is 3. The predicted octanol–water partition coefficient (Wildman–Crippen LogP) is 1.60. The smallest absolute Gasteiger partial charge is 0.325 e. The number of rotatable bonds is 4. The summed E-state index contributed by atoms with van der Waals surface area (Å²) in [6.45, 7) is 1.83. The first-order valence-corrected chi connectivity index (χ1v) is 4.40. The molecule has 7 heteroatoms. The zero-order valence-electron chi connectivity index (χ0n) is 8.29. The minimum Gasteiger partial charge on any atom is -0.325 e. The predicted molar refractivity (Wildman–Crippen MR) is 50.7 cm³/mol. The maximum Gasteiger partial charge on any atom is 0.406 e. The highest BCUT2D eigenvalue weighted by atomic mass is 19.4. The van der Waals surface area contributed by atoms with E-state index < -0.39 is 18.6 Å². The summed E-state index contributed by atoms with van der Waals surface area (Å²) in [5.74, 6) is -0.755. The average molecular weight is 233 g/mol. The van der Waals surface area contributed by atoms with Crippen LogP contribution in [0.3, 0.4) is 0 Å². The number of carbonyl (C=O) groups is 1. The lowest BCUT2D eigenvalue weighted by atomic mass is 10.3. The van der Waals surface area contributed by atoms with E-state index in [0.717, 1.165) is 0 Å². The van der Waals surface area contributed by atoms with Gasteiger partial charge in [0.05, 0.1) is 0 Å². The lowest BCUT2D eigenvalue weighted by Crippen LogP contribution is -2.39. The summed E-state index contributed by atoms with van der Waals surface area (Å²) < 4.78 is 36.5. The molecule has 0 saturated heterocycles. The van der Waals surface area contributed by atoms with Crippen molar-refractivity contribution in [1.29, 1.82) is 0 Å². The molecule has 1 rings (SSSR count). The van der Waals surface area contributed by atoms with Gasteiger partial charge in [-0.1, -0.05) is 6.08 Å². The van der Waals surface area contributed by atoms with Crippen LogP contribution in [0.15, 0.2) is 24.9 Å². The Labute approximate surface area is 89.7 Å². The molecule has 4 nitrogen and oxygen atoms in total. The number of nitrogens with one attached hydrogen (secondary N) is 1. The lowest BCUT2D eigenvalue weighted by Gasteiger charge is -2.21. The minimum absolute atomic E-state index is 0.0195. The van der Waals surface area contributed by atoms with Gasteiger partial charge in [0.2, 0.25) is 0 Å². The Kier molecular flexibility index (Phi) is 3.70. The molecule has 1 N–H and O–H groups in total. The van der Waals surface area contributed by atoms with Crippen LogP contribution in [0.4, 0.5) is 13.2 Å². The van der Waals surface area contributed by atoms with Crippen molar-refractivity contribution in [1.82, 2.24) is 15.1 Å². The maximum absolute atomic E-state index is 12.2. The van der Waals surface area contributed by atoms with Gasteiger partial charge in [-0.15, -0.1) is 6.58 Å². The van der Waals surface area contributed by atoms with Gasteiger partial charge >= 0.3 is 6.18 Å². The van der Waals surface area contributed by atoms with Gasteiger partial charge in [0.15, 0.2) is 0 Å². The Morgan fingerprint density at radius 3 is 2.75 bits per heavy atom. The van der Waals surface area contributed by atoms with Crippen molar-refractivity contribution in [2.24, 2.45) is 0 Å². The molecule has 0 aromatic carbocycles. The third-order valence-electron chi connectivity index (χ3n) is 1.74. The fourth-order valence-corrected chi connectivity index (χ4v) is 1.14. The van der Waals surface area contributed by atoms with E-state index >= 15 is 0 Å². The number of carbonyl (C=O) groups excluding carboxylic acids is 1. The number of H-pyrrole nitrogens is 1. The average Bonchev–Trinajstić information content (AvgIpc) is 2.66. The SMILES string of the molecule is C=CCN(CC(F)(F)F)C(=O)c1ccn[nH]1. The van der Waals surface area contributed by atoms with Crippen molar-refractivity contribution in [2.45, 2.75) is 6.18 Å². The first kappa shape index (κ1) is 12.3. The zero-order chi connectivity index (χ0) is 12.2. The number of amides is 1. The van der Waals surface area contributed by atoms with Crippen LogP contribution in [0.1, 0.15) is 10.5 Å². The molecule has 0 aliphatic carbocycles. The topological polar surface area (TPSA) is 49.0 Å². The maximum atomic E-state index is 12.2. The Bertz CT molecular complexity index is 359. The van der Waals surface area contributed by atoms with Gasteiger partial charge < -0.3 is 4.90 Å². The molecule has 1 amide bonds. The monoisotopic (exact) mass is 233 g/mol. The summed E-state index contributed by atoms with van der Waals surface area (Å²) >= 11 is 0. The molecule has 1 aromatic rings. The van der Waals surface area contributed by atoms with Crippen LogP contribution < -0.4 is 0 Å². The molecule has 0 spiro atoms. The van der Waals surface area contributed by atoms with Gasteiger partial charge in [-0.2, -0.15) is 18.3 Å². The van der Waals surface area contributed by atoms with Crippen molar-refractivity contribution in [3.63, 3.8) is 0 Å². The number of hydrogen-bond donors (Lipinski definition) is 1. The fraction of sp³-hybridized carbons (Fsp3) is 0.333. The highest BCUT2D eigenvalue weighted by Crippen LogP contribution is 2.17. The molecule has 0 fully saturated rings. The number of nitrogens with zero attached hydrogens (tertiary/aromatic N) is 2. The molecule has 0 saturated carbocycles. The standard InChI is InChI=1S/C9H10F3N3O/c1-2-5-15(6-9(10,11)12)8(16)7-3-4-13-14-7/h2-4H,1,5-6H2,(H,13,14). The van der Waals surface area contributed by atoms with Crippen LogP contribution >= 0.6 is 0 Å². The zero-order valence-corrected chi connectivity index (χ0v) is 8.29. The molecular formula is C9H10F3N3O. The van der Waals surface area contributed by atoms with Gasteiger partial charge in [-0.05, 0) is 6.07 Å². The second-order valence-electron chi connectivity index (χ2n) is 3.06. The van der Waals surface area contributed by atoms with Crippen molar-refractivity contribution in [2.75, 3.05) is 13.1 Å². The normalized spacial score (nSPS) is 11.2. The van der Waals surface area contributed by atoms with E-state index in [4.69, 9.17) is 0 Å². The first-order valence-electron chi connectivity index (χ1n) is 4.40. The van der Waals surface area contributed by atoms with Gasteiger partial charge in [0.1, 0.15) is 12.2 Å². The minimum atomic E-state index is -4.43. The summed E-state index contributed by atoms with van der Waals surface area (Å²) in [6, 6.07) is 1.31. The second-order valence-corrected chi connectivity index (χ2v) is 3.06. The molecule has 88 valence electrons. The van der Waals surface area contributed by atoms with Crippen molar-refractivity contribution < 1.29 is 18.0 Å². The molecule has 1 heterocycles. The van der Waals surface area contributed by atoms with Crippen LogP contribution in [0, 0.1) is 0 Å². The Morgan fingerprint density at radius 2 is 2.31 bits per heavy atom. The van der Waals surface area contributed by atoms with E-state index in [1.54, 1.807) is 0 Å². The molecule has 16 heavy (non-hydrogen) atoms. The van der Waals surface area contributed by atoms with Crippen LogP contribution in [0.2, 0.25) is 0 Å². The molecule has 0 bridgehead atoms. The van der Waals surface area contributed by atoms with Crippen molar-refractivity contribution in [3.8, 4) is 0 Å². The van der Waals surface area contributed by atoms with Gasteiger partial charge in [-0.25, -0.2) is 0 Å². The van der Waals surface area contributed by atoms with Crippen LogP contribution in [-0.2, 0) is 0 Å². The highest BCUT2D eigenvalue weighted by molar-refractivity contribution is 5.92. The van der Waals surface area contributed by atoms with Crippen LogP contribution in [0.25, 0.3) is 0 Å². The van der Waals surface area contributed by atoms with Gasteiger partial charge in [0, 0.05) is 12.7 Å². The summed E-state index contributed by atoms with van der Waals surface area (Å²) in [5, 5.41) is 5.82. The van der Waals surface area contributed by atoms with E-state index in [9.17, 15) is 18.0 Å². The van der Waals surface area contributed by atoms with Gasteiger partial charge in [0.25, 0.3) is 5.91 Å². The third-order valence-corrected chi connectivity index (χ3v) is 1.74. The van der Waals surface area contributed by atoms with Gasteiger partial charge in [-0.3, -0.25) is 9.89 Å². The van der Waals surface area contributed by atoms with Crippen LogP contribution in [0.5, 0.6) is 0 Å². The Morgan fingerprint density at radius 1 is 1.62 bits per heavy atom. The van der Waals surface area contributed by atoms with E-state index in [1.165, 1.54) is 18.3 Å². The Hall–Kier alpha value is -1.79. The number of aromatic nitrogens is 2. The number of aromatic amines is 1. The van der Waals surface area contributed by atoms with Crippen LogP contribution in [-0.4, -0.2) is 40.3 Å². The number of alkyl halides is 3. The van der Waals surface area contributed by atoms with Crippen molar-refractivity contribution >= 4 is 5.91 Å². The summed E-state index contributed by atoms with van der Waals surface area (Å²) in [5.41, 5.74) is 0.0195. The Balaban J connectivity index is 2.78. The van der Waals surface area contributed by atoms with E-state index in [2.05, 4.69) is 16.8 Å². The molecule has 0 radical (unpaired) electrons. The van der Waals surface area contributed by atoms with E-state index in [1.807, 2.05) is 0 Å². The largest absolute Gasteiger partial charge is 0.406 e. The lowest BCUT2D eigenvalue weighted by molar-refractivity contribution is -0.139.